The molecule has 0 spiro atoms. The van der Waals surface area contributed by atoms with Gasteiger partial charge < -0.3 is 5.32 Å². The zero-order chi connectivity index (χ0) is 6.41. The van der Waals surface area contributed by atoms with Crippen LogP contribution in [0.2, 0.25) is 0 Å². The third-order valence-electron chi connectivity index (χ3n) is 0.876. The minimum Gasteiger partial charge on any atom is -0.389 e. The number of allylic oxidation sites excluding steroid dienone is 2. The molecule has 8 heavy (non-hydrogen) atoms. The Hall–Kier alpha value is -0.720. The van der Waals surface area contributed by atoms with E-state index in [0.717, 1.165) is 12.1 Å². The van der Waals surface area contributed by atoms with Gasteiger partial charge in [0.25, 0.3) is 0 Å². The highest BCUT2D eigenvalue weighted by molar-refractivity contribution is 5.10. The lowest BCUT2D eigenvalue weighted by atomic mass is 10.3. The van der Waals surface area contributed by atoms with Crippen LogP contribution in [0, 0.1) is 0 Å². The molecule has 0 amide bonds. The van der Waals surface area contributed by atoms with E-state index in [-0.39, 0.29) is 0 Å². The van der Waals surface area contributed by atoms with Crippen LogP contribution in [0.15, 0.2) is 24.4 Å². The van der Waals surface area contributed by atoms with Crippen molar-refractivity contribution in [2.24, 2.45) is 0 Å². The van der Waals surface area contributed by atoms with E-state index in [1.165, 1.54) is 0 Å². The van der Waals surface area contributed by atoms with E-state index in [9.17, 15) is 0 Å². The SMILES string of the molecule is C=C(/C=C\CC)NC. The maximum Gasteiger partial charge on any atom is 0.0261 e. The second-order valence-corrected chi connectivity index (χ2v) is 1.59. The summed E-state index contributed by atoms with van der Waals surface area (Å²) in [6.07, 6.45) is 5.11. The molecule has 0 bridgehead atoms. The Morgan fingerprint density at radius 3 is 2.75 bits per heavy atom. The van der Waals surface area contributed by atoms with Gasteiger partial charge in [0.2, 0.25) is 0 Å². The van der Waals surface area contributed by atoms with Crippen molar-refractivity contribution in [3.05, 3.63) is 24.4 Å². The van der Waals surface area contributed by atoms with Crippen molar-refractivity contribution >= 4 is 0 Å². The van der Waals surface area contributed by atoms with Crippen LogP contribution in [-0.4, -0.2) is 7.05 Å². The van der Waals surface area contributed by atoms with Crippen LogP contribution in [0.3, 0.4) is 0 Å². The monoisotopic (exact) mass is 111 g/mol. The van der Waals surface area contributed by atoms with Gasteiger partial charge in [-0.15, -0.1) is 0 Å². The molecule has 0 saturated carbocycles. The molecule has 0 aromatic heterocycles. The first-order valence-electron chi connectivity index (χ1n) is 2.84. The van der Waals surface area contributed by atoms with Crippen LogP contribution in [0.5, 0.6) is 0 Å². The second-order valence-electron chi connectivity index (χ2n) is 1.59. The predicted molar refractivity (Wildman–Crippen MR) is 37.6 cm³/mol. The molecule has 1 nitrogen and oxygen atoms in total. The summed E-state index contributed by atoms with van der Waals surface area (Å²) in [5, 5.41) is 2.92. The standard InChI is InChI=1S/C7H13N/c1-4-5-6-7(2)8-3/h5-6,8H,2,4H2,1,3H3/b6-5-. The van der Waals surface area contributed by atoms with Gasteiger partial charge in [-0.05, 0) is 12.5 Å². The molecule has 46 valence electrons. The molecule has 0 aliphatic carbocycles. The molecule has 0 rings (SSSR count). The van der Waals surface area contributed by atoms with Crippen molar-refractivity contribution in [3.8, 4) is 0 Å². The number of nitrogens with one attached hydrogen (secondary N) is 1. The minimum atomic E-state index is 0.965. The summed E-state index contributed by atoms with van der Waals surface area (Å²) >= 11 is 0. The van der Waals surface area contributed by atoms with Crippen molar-refractivity contribution in [1.29, 1.82) is 0 Å². The van der Waals surface area contributed by atoms with E-state index >= 15 is 0 Å². The van der Waals surface area contributed by atoms with E-state index in [1.807, 2.05) is 13.1 Å². The van der Waals surface area contributed by atoms with Crippen molar-refractivity contribution in [1.82, 2.24) is 5.32 Å². The average molecular weight is 111 g/mol. The number of hydrogen-bond donors (Lipinski definition) is 1. The second kappa shape index (κ2) is 4.44. The maximum atomic E-state index is 3.71. The summed E-state index contributed by atoms with van der Waals surface area (Å²) in [7, 11) is 1.86. The highest BCUT2D eigenvalue weighted by Crippen LogP contribution is 1.86. The highest BCUT2D eigenvalue weighted by Gasteiger charge is 1.74. The van der Waals surface area contributed by atoms with Crippen molar-refractivity contribution in [3.63, 3.8) is 0 Å². The Kier molecular flexibility index (Phi) is 4.04. The lowest BCUT2D eigenvalue weighted by Crippen LogP contribution is -2.00. The van der Waals surface area contributed by atoms with Crippen LogP contribution in [0.25, 0.3) is 0 Å². The van der Waals surface area contributed by atoms with Crippen LogP contribution in [-0.2, 0) is 0 Å². The number of rotatable bonds is 3. The molecule has 0 radical (unpaired) electrons. The van der Waals surface area contributed by atoms with Gasteiger partial charge in [0.1, 0.15) is 0 Å². The molecule has 0 saturated heterocycles. The molecule has 0 aliphatic rings. The first-order valence-corrected chi connectivity index (χ1v) is 2.84. The fourth-order valence-electron chi connectivity index (χ4n) is 0.343. The van der Waals surface area contributed by atoms with E-state index in [4.69, 9.17) is 0 Å². The van der Waals surface area contributed by atoms with Gasteiger partial charge in [0.05, 0.1) is 0 Å². The molecule has 0 unspecified atom stereocenters. The van der Waals surface area contributed by atoms with E-state index in [1.54, 1.807) is 0 Å². The fraction of sp³-hybridized carbons (Fsp3) is 0.429. The zero-order valence-corrected chi connectivity index (χ0v) is 5.57. The van der Waals surface area contributed by atoms with E-state index < -0.39 is 0 Å². The summed E-state index contributed by atoms with van der Waals surface area (Å²) in [5.41, 5.74) is 0.965. The van der Waals surface area contributed by atoms with E-state index in [2.05, 4.69) is 24.9 Å². The molecule has 0 aliphatic heterocycles. The van der Waals surface area contributed by atoms with Gasteiger partial charge >= 0.3 is 0 Å². The fourth-order valence-corrected chi connectivity index (χ4v) is 0.343. The average Bonchev–Trinajstić information content (AvgIpc) is 1.83. The van der Waals surface area contributed by atoms with Gasteiger partial charge in [-0.25, -0.2) is 0 Å². The van der Waals surface area contributed by atoms with E-state index in [0.29, 0.717) is 0 Å². The minimum absolute atomic E-state index is 0.965. The first-order chi connectivity index (χ1) is 3.81. The number of hydrogen-bond acceptors (Lipinski definition) is 1. The Morgan fingerprint density at radius 1 is 1.75 bits per heavy atom. The molecule has 0 heterocycles. The summed E-state index contributed by atoms with van der Waals surface area (Å²) in [6.45, 7) is 5.81. The molecular weight excluding hydrogens is 98.1 g/mol. The van der Waals surface area contributed by atoms with Gasteiger partial charge in [-0.2, -0.15) is 0 Å². The van der Waals surface area contributed by atoms with Gasteiger partial charge in [0.15, 0.2) is 0 Å². The first kappa shape index (κ1) is 7.28. The Bertz CT molecular complexity index is 92.6. The highest BCUT2D eigenvalue weighted by atomic mass is 14.8. The van der Waals surface area contributed by atoms with Gasteiger partial charge in [-0.1, -0.05) is 19.6 Å². The van der Waals surface area contributed by atoms with Gasteiger partial charge in [-0.3, -0.25) is 0 Å². The van der Waals surface area contributed by atoms with Crippen LogP contribution >= 0.6 is 0 Å². The molecule has 1 N–H and O–H groups in total. The van der Waals surface area contributed by atoms with Gasteiger partial charge in [0, 0.05) is 12.7 Å². The summed E-state index contributed by atoms with van der Waals surface area (Å²) in [5.74, 6) is 0. The third-order valence-corrected chi connectivity index (χ3v) is 0.876. The lowest BCUT2D eigenvalue weighted by Gasteiger charge is -1.92. The zero-order valence-electron chi connectivity index (χ0n) is 5.57. The molecule has 0 fully saturated rings. The summed E-state index contributed by atoms with van der Waals surface area (Å²) in [4.78, 5) is 0. The lowest BCUT2D eigenvalue weighted by molar-refractivity contribution is 1.03. The normalized spacial score (nSPS) is 9.75. The van der Waals surface area contributed by atoms with Crippen molar-refractivity contribution < 1.29 is 0 Å². The van der Waals surface area contributed by atoms with Crippen LogP contribution in [0.4, 0.5) is 0 Å². The topological polar surface area (TPSA) is 12.0 Å². The molecule has 0 atom stereocenters. The van der Waals surface area contributed by atoms with Crippen molar-refractivity contribution in [2.45, 2.75) is 13.3 Å². The molecule has 0 aromatic rings. The van der Waals surface area contributed by atoms with Crippen LogP contribution in [0.1, 0.15) is 13.3 Å². The molecule has 1 heteroatoms. The Morgan fingerprint density at radius 2 is 2.38 bits per heavy atom. The third kappa shape index (κ3) is 3.47. The number of likely N-dealkylation sites (N-methyl/N-ethyl adjacent to an activating group) is 1. The largest absolute Gasteiger partial charge is 0.389 e. The Labute approximate surface area is 51.1 Å². The molecule has 0 aromatic carbocycles. The molecular formula is C7H13N. The predicted octanol–water partition coefficient (Wildman–Crippen LogP) is 1.69. The summed E-state index contributed by atoms with van der Waals surface area (Å²) < 4.78 is 0. The quantitative estimate of drug-likeness (QED) is 0.546. The summed E-state index contributed by atoms with van der Waals surface area (Å²) in [6, 6.07) is 0. The van der Waals surface area contributed by atoms with Crippen molar-refractivity contribution in [2.75, 3.05) is 7.05 Å². The maximum absolute atomic E-state index is 3.71. The Balaban J connectivity index is 3.37. The van der Waals surface area contributed by atoms with Crippen LogP contribution < -0.4 is 5.32 Å². The smallest absolute Gasteiger partial charge is 0.0261 e.